The Morgan fingerprint density at radius 3 is 2.50 bits per heavy atom. The van der Waals surface area contributed by atoms with Crippen LogP contribution in [0.5, 0.6) is 0 Å². The van der Waals surface area contributed by atoms with Crippen molar-refractivity contribution in [3.8, 4) is 0 Å². The van der Waals surface area contributed by atoms with Crippen molar-refractivity contribution in [2.45, 2.75) is 13.8 Å². The predicted molar refractivity (Wildman–Crippen MR) is 61.7 cm³/mol. The zero-order valence-electron chi connectivity index (χ0n) is 9.20. The number of benzene rings is 1. The summed E-state index contributed by atoms with van der Waals surface area (Å²) < 4.78 is 5.03. The summed E-state index contributed by atoms with van der Waals surface area (Å²) in [5.41, 5.74) is 0.632. The molecule has 0 spiro atoms. The molecule has 0 bridgehead atoms. The largest absolute Gasteiger partial charge is 0.462 e. The molecule has 16 heavy (non-hydrogen) atoms. The lowest BCUT2D eigenvalue weighted by Gasteiger charge is -2.07. The van der Waals surface area contributed by atoms with Crippen LogP contribution in [0, 0.1) is 5.92 Å². The van der Waals surface area contributed by atoms with Crippen molar-refractivity contribution in [1.29, 1.82) is 0 Å². The normalized spacial score (nSPS) is 10.2. The second kappa shape index (κ2) is 5.66. The molecule has 0 aliphatic heterocycles. The van der Waals surface area contributed by atoms with E-state index in [1.807, 2.05) is 13.8 Å². The Kier molecular flexibility index (Phi) is 4.50. The van der Waals surface area contributed by atoms with Crippen LogP contribution in [0.3, 0.4) is 0 Å². The molecule has 3 nitrogen and oxygen atoms in total. The van der Waals surface area contributed by atoms with Gasteiger partial charge in [-0.15, -0.1) is 0 Å². The zero-order chi connectivity index (χ0) is 12.1. The number of hydrogen-bond donors (Lipinski definition) is 0. The average molecular weight is 241 g/mol. The zero-order valence-corrected chi connectivity index (χ0v) is 9.95. The summed E-state index contributed by atoms with van der Waals surface area (Å²) in [6.07, 6.45) is 0. The molecule has 0 heterocycles. The first-order valence-electron chi connectivity index (χ1n) is 4.97. The highest BCUT2D eigenvalue weighted by molar-refractivity contribution is 6.67. The third-order valence-corrected chi connectivity index (χ3v) is 2.09. The van der Waals surface area contributed by atoms with E-state index in [0.717, 1.165) is 0 Å². The van der Waals surface area contributed by atoms with Gasteiger partial charge < -0.3 is 4.74 Å². The van der Waals surface area contributed by atoms with Gasteiger partial charge in [0.15, 0.2) is 0 Å². The van der Waals surface area contributed by atoms with Gasteiger partial charge in [0.2, 0.25) is 0 Å². The molecule has 0 unspecified atom stereocenters. The second-order valence-corrected chi connectivity index (χ2v) is 4.19. The molecule has 0 amide bonds. The summed E-state index contributed by atoms with van der Waals surface area (Å²) in [5, 5.41) is -0.585. The van der Waals surface area contributed by atoms with Crippen LogP contribution in [-0.2, 0) is 4.74 Å². The Balaban J connectivity index is 2.76. The molecule has 4 heteroatoms. The first-order valence-corrected chi connectivity index (χ1v) is 5.35. The Bertz CT molecular complexity index is 399. The molecule has 0 saturated carbocycles. The van der Waals surface area contributed by atoms with Crippen LogP contribution >= 0.6 is 11.6 Å². The molecule has 1 aromatic rings. The lowest BCUT2D eigenvalue weighted by molar-refractivity contribution is 0.0459. The maximum Gasteiger partial charge on any atom is 0.338 e. The molecule has 0 aromatic heterocycles. The summed E-state index contributed by atoms with van der Waals surface area (Å²) in [5.74, 6) is -0.157. The number of esters is 1. The maximum absolute atomic E-state index is 11.5. The molecule has 0 aliphatic rings. The maximum atomic E-state index is 11.5. The molecule has 1 aromatic carbocycles. The van der Waals surface area contributed by atoms with Crippen molar-refractivity contribution in [3.05, 3.63) is 35.4 Å². The van der Waals surface area contributed by atoms with Gasteiger partial charge >= 0.3 is 5.97 Å². The highest BCUT2D eigenvalue weighted by Gasteiger charge is 2.10. The molecular formula is C12H13ClO3. The summed E-state index contributed by atoms with van der Waals surface area (Å²) in [7, 11) is 0. The highest BCUT2D eigenvalue weighted by atomic mass is 35.5. The molecule has 0 aliphatic carbocycles. The SMILES string of the molecule is CC(C)COC(=O)c1cccc(C(=O)Cl)c1. The van der Waals surface area contributed by atoms with E-state index in [1.165, 1.54) is 6.07 Å². The van der Waals surface area contributed by atoms with E-state index >= 15 is 0 Å². The minimum atomic E-state index is -0.585. The van der Waals surface area contributed by atoms with Crippen LogP contribution < -0.4 is 0 Å². The third kappa shape index (κ3) is 3.66. The Morgan fingerprint density at radius 2 is 1.94 bits per heavy atom. The van der Waals surface area contributed by atoms with Crippen molar-refractivity contribution in [1.82, 2.24) is 0 Å². The topological polar surface area (TPSA) is 43.4 Å². The van der Waals surface area contributed by atoms with Crippen molar-refractivity contribution < 1.29 is 14.3 Å². The van der Waals surface area contributed by atoms with E-state index in [4.69, 9.17) is 16.3 Å². The Labute approximate surface area is 99.4 Å². The van der Waals surface area contributed by atoms with Gasteiger partial charge in [-0.25, -0.2) is 4.79 Å². The lowest BCUT2D eigenvalue weighted by Crippen LogP contribution is -2.10. The van der Waals surface area contributed by atoms with Crippen LogP contribution in [0.4, 0.5) is 0 Å². The van der Waals surface area contributed by atoms with Gasteiger partial charge in [0.25, 0.3) is 5.24 Å². The second-order valence-electron chi connectivity index (χ2n) is 3.85. The fraction of sp³-hybridized carbons (Fsp3) is 0.333. The van der Waals surface area contributed by atoms with Crippen LogP contribution in [0.1, 0.15) is 34.6 Å². The first kappa shape index (κ1) is 12.7. The number of carbonyl (C=O) groups is 2. The summed E-state index contributed by atoms with van der Waals surface area (Å²) >= 11 is 5.32. The van der Waals surface area contributed by atoms with Crippen molar-refractivity contribution >= 4 is 22.8 Å². The van der Waals surface area contributed by atoms with E-state index in [0.29, 0.717) is 17.7 Å². The van der Waals surface area contributed by atoms with Crippen LogP contribution in [0.25, 0.3) is 0 Å². The van der Waals surface area contributed by atoms with E-state index in [-0.39, 0.29) is 5.92 Å². The van der Waals surface area contributed by atoms with Gasteiger partial charge in [-0.05, 0) is 29.7 Å². The highest BCUT2D eigenvalue weighted by Crippen LogP contribution is 2.09. The minimum Gasteiger partial charge on any atom is -0.462 e. The van der Waals surface area contributed by atoms with Crippen LogP contribution in [0.15, 0.2) is 24.3 Å². The van der Waals surface area contributed by atoms with Gasteiger partial charge in [0, 0.05) is 5.56 Å². The predicted octanol–water partition coefficient (Wildman–Crippen LogP) is 2.88. The molecule has 0 N–H and O–H groups in total. The molecule has 0 saturated heterocycles. The first-order chi connectivity index (χ1) is 7.50. The van der Waals surface area contributed by atoms with E-state index in [1.54, 1.807) is 18.2 Å². The van der Waals surface area contributed by atoms with Gasteiger partial charge in [-0.3, -0.25) is 4.79 Å². The van der Waals surface area contributed by atoms with Crippen LogP contribution in [-0.4, -0.2) is 17.8 Å². The number of hydrogen-bond acceptors (Lipinski definition) is 3. The average Bonchev–Trinajstić information content (AvgIpc) is 2.26. The van der Waals surface area contributed by atoms with E-state index in [2.05, 4.69) is 0 Å². The number of halogens is 1. The van der Waals surface area contributed by atoms with Crippen molar-refractivity contribution in [3.63, 3.8) is 0 Å². The summed E-state index contributed by atoms with van der Waals surface area (Å²) in [4.78, 5) is 22.4. The fourth-order valence-electron chi connectivity index (χ4n) is 1.09. The minimum absolute atomic E-state index is 0.279. The van der Waals surface area contributed by atoms with Crippen molar-refractivity contribution in [2.75, 3.05) is 6.61 Å². The monoisotopic (exact) mass is 240 g/mol. The molecule has 1 rings (SSSR count). The number of carbonyl (C=O) groups excluding carboxylic acids is 2. The smallest absolute Gasteiger partial charge is 0.338 e. The van der Waals surface area contributed by atoms with E-state index < -0.39 is 11.2 Å². The van der Waals surface area contributed by atoms with Gasteiger partial charge in [-0.2, -0.15) is 0 Å². The molecular weight excluding hydrogens is 228 g/mol. The Hall–Kier alpha value is -1.35. The quantitative estimate of drug-likeness (QED) is 0.600. The van der Waals surface area contributed by atoms with Crippen LogP contribution in [0.2, 0.25) is 0 Å². The van der Waals surface area contributed by atoms with E-state index in [9.17, 15) is 9.59 Å². The lowest BCUT2D eigenvalue weighted by atomic mass is 10.1. The van der Waals surface area contributed by atoms with Gasteiger partial charge in [-0.1, -0.05) is 26.0 Å². The number of rotatable bonds is 4. The molecule has 86 valence electrons. The molecule has 0 fully saturated rings. The van der Waals surface area contributed by atoms with Crippen molar-refractivity contribution in [2.24, 2.45) is 5.92 Å². The third-order valence-electron chi connectivity index (χ3n) is 1.87. The molecule has 0 atom stereocenters. The van der Waals surface area contributed by atoms with Gasteiger partial charge in [0.05, 0.1) is 12.2 Å². The summed E-state index contributed by atoms with van der Waals surface area (Å²) in [6, 6.07) is 6.17. The van der Waals surface area contributed by atoms with Gasteiger partial charge in [0.1, 0.15) is 0 Å². The number of ether oxygens (including phenoxy) is 1. The molecule has 0 radical (unpaired) electrons. The Morgan fingerprint density at radius 1 is 1.31 bits per heavy atom. The fourth-order valence-corrected chi connectivity index (χ4v) is 1.21. The standard InChI is InChI=1S/C12H13ClO3/c1-8(2)7-16-12(15)10-5-3-4-9(6-10)11(13)14/h3-6,8H,7H2,1-2H3. The summed E-state index contributed by atoms with van der Waals surface area (Å²) in [6.45, 7) is 4.26.